The molecule has 0 spiro atoms. The molecular weight excluding hydrogens is 200 g/mol. The Balaban J connectivity index is 1.87. The Labute approximate surface area is 94.3 Å². The van der Waals surface area contributed by atoms with E-state index in [2.05, 4.69) is 27.8 Å². The Bertz CT molecular complexity index is 457. The predicted molar refractivity (Wildman–Crippen MR) is 62.0 cm³/mol. The van der Waals surface area contributed by atoms with Crippen LogP contribution < -0.4 is 5.32 Å². The fourth-order valence-corrected chi connectivity index (χ4v) is 2.06. The summed E-state index contributed by atoms with van der Waals surface area (Å²) in [5.41, 5.74) is 2.08. The summed E-state index contributed by atoms with van der Waals surface area (Å²) in [5, 5.41) is 11.7. The van der Waals surface area contributed by atoms with Gasteiger partial charge < -0.3 is 5.32 Å². The Morgan fingerprint density at radius 1 is 1.25 bits per heavy atom. The Kier molecular flexibility index (Phi) is 2.42. The van der Waals surface area contributed by atoms with E-state index in [1.807, 2.05) is 29.1 Å². The highest BCUT2D eigenvalue weighted by Gasteiger charge is 2.17. The number of hydrogen-bond donors (Lipinski definition) is 1. The minimum absolute atomic E-state index is 0.463. The topological polar surface area (TPSA) is 42.7 Å². The smallest absolute Gasteiger partial charge is 0.113 e. The number of hydrogen-bond acceptors (Lipinski definition) is 3. The highest BCUT2D eigenvalue weighted by Crippen LogP contribution is 2.19. The molecule has 2 heterocycles. The molecule has 1 aliphatic rings. The molecule has 1 N–H and O–H groups in total. The quantitative estimate of drug-likeness (QED) is 0.823. The lowest BCUT2D eigenvalue weighted by Gasteiger charge is -2.05. The minimum Gasteiger partial charge on any atom is -0.315 e. The fourth-order valence-electron chi connectivity index (χ4n) is 2.06. The van der Waals surface area contributed by atoms with Crippen LogP contribution in [0.3, 0.4) is 0 Å². The van der Waals surface area contributed by atoms with Crippen LogP contribution in [0.25, 0.3) is 11.3 Å². The summed E-state index contributed by atoms with van der Waals surface area (Å²) in [4.78, 5) is 0. The minimum atomic E-state index is 0.463. The summed E-state index contributed by atoms with van der Waals surface area (Å²) < 4.78 is 1.97. The highest BCUT2D eigenvalue weighted by molar-refractivity contribution is 5.57. The lowest BCUT2D eigenvalue weighted by molar-refractivity contribution is 0.476. The molecule has 1 saturated heterocycles. The van der Waals surface area contributed by atoms with Gasteiger partial charge in [0.15, 0.2) is 0 Å². The van der Waals surface area contributed by atoms with Crippen LogP contribution in [0.4, 0.5) is 0 Å². The molecule has 3 rings (SSSR count). The molecule has 1 aromatic heterocycles. The molecule has 0 aliphatic carbocycles. The van der Waals surface area contributed by atoms with Crippen molar-refractivity contribution in [2.24, 2.45) is 0 Å². The molecule has 1 unspecified atom stereocenters. The second-order valence-corrected chi connectivity index (χ2v) is 4.10. The van der Waals surface area contributed by atoms with Crippen LogP contribution >= 0.6 is 0 Å². The van der Waals surface area contributed by atoms with Crippen molar-refractivity contribution in [1.82, 2.24) is 20.3 Å². The summed E-state index contributed by atoms with van der Waals surface area (Å²) in [6.45, 7) is 2.07. The average molecular weight is 214 g/mol. The zero-order valence-electron chi connectivity index (χ0n) is 9.00. The highest BCUT2D eigenvalue weighted by atomic mass is 15.4. The molecule has 4 nitrogen and oxygen atoms in total. The monoisotopic (exact) mass is 214 g/mol. The van der Waals surface area contributed by atoms with Crippen LogP contribution in [0.15, 0.2) is 36.5 Å². The molecule has 82 valence electrons. The van der Waals surface area contributed by atoms with Gasteiger partial charge in [0.25, 0.3) is 0 Å². The van der Waals surface area contributed by atoms with E-state index in [1.165, 1.54) is 0 Å². The van der Waals surface area contributed by atoms with E-state index >= 15 is 0 Å². The molecule has 1 aliphatic heterocycles. The summed E-state index contributed by atoms with van der Waals surface area (Å²) in [6, 6.07) is 10.6. The third kappa shape index (κ3) is 1.72. The van der Waals surface area contributed by atoms with Gasteiger partial charge in [-0.25, -0.2) is 4.68 Å². The van der Waals surface area contributed by atoms with Crippen LogP contribution in [0, 0.1) is 0 Å². The van der Waals surface area contributed by atoms with Gasteiger partial charge in [0.05, 0.1) is 12.2 Å². The van der Waals surface area contributed by atoms with Crippen LogP contribution in [0.1, 0.15) is 12.5 Å². The van der Waals surface area contributed by atoms with E-state index in [1.54, 1.807) is 0 Å². The van der Waals surface area contributed by atoms with Crippen LogP contribution in [0.5, 0.6) is 0 Å². The lowest BCUT2D eigenvalue weighted by Crippen LogP contribution is -2.13. The van der Waals surface area contributed by atoms with Crippen molar-refractivity contribution in [2.45, 2.75) is 12.5 Å². The van der Waals surface area contributed by atoms with Gasteiger partial charge in [-0.1, -0.05) is 35.5 Å². The molecule has 2 aromatic rings. The number of aromatic nitrogens is 3. The van der Waals surface area contributed by atoms with Gasteiger partial charge in [-0.05, 0) is 13.0 Å². The molecule has 0 saturated carbocycles. The van der Waals surface area contributed by atoms with Gasteiger partial charge in [0.1, 0.15) is 5.69 Å². The molecular formula is C12H14N4. The summed E-state index contributed by atoms with van der Waals surface area (Å²) in [7, 11) is 0. The van der Waals surface area contributed by atoms with Crippen molar-refractivity contribution >= 4 is 0 Å². The Morgan fingerprint density at radius 3 is 2.88 bits per heavy atom. The van der Waals surface area contributed by atoms with E-state index in [0.29, 0.717) is 6.04 Å². The number of benzene rings is 1. The van der Waals surface area contributed by atoms with Gasteiger partial charge in [-0.2, -0.15) is 0 Å². The van der Waals surface area contributed by atoms with E-state index in [4.69, 9.17) is 0 Å². The summed E-state index contributed by atoms with van der Waals surface area (Å²) in [6.07, 6.45) is 3.17. The maximum atomic E-state index is 4.22. The molecule has 1 aromatic carbocycles. The first-order chi connectivity index (χ1) is 7.93. The second-order valence-electron chi connectivity index (χ2n) is 4.10. The van der Waals surface area contributed by atoms with Crippen molar-refractivity contribution in [3.63, 3.8) is 0 Å². The van der Waals surface area contributed by atoms with E-state index in [-0.39, 0.29) is 0 Å². The van der Waals surface area contributed by atoms with Crippen molar-refractivity contribution in [3.05, 3.63) is 36.5 Å². The molecule has 0 radical (unpaired) electrons. The molecule has 0 amide bonds. The number of rotatable bonds is 2. The maximum Gasteiger partial charge on any atom is 0.113 e. The first-order valence-corrected chi connectivity index (χ1v) is 5.61. The van der Waals surface area contributed by atoms with E-state index in [0.717, 1.165) is 30.8 Å². The standard InChI is InChI=1S/C12H14N4/c1-2-4-10(5-3-1)12-9-16(15-14-12)11-6-7-13-8-11/h1-5,9,11,13H,6-8H2. The van der Waals surface area contributed by atoms with E-state index < -0.39 is 0 Å². The molecule has 1 atom stereocenters. The number of nitrogens with one attached hydrogen (secondary N) is 1. The first kappa shape index (κ1) is 9.54. The van der Waals surface area contributed by atoms with Crippen molar-refractivity contribution in [2.75, 3.05) is 13.1 Å². The molecule has 1 fully saturated rings. The van der Waals surface area contributed by atoms with Gasteiger partial charge in [0, 0.05) is 12.1 Å². The van der Waals surface area contributed by atoms with Gasteiger partial charge in [0.2, 0.25) is 0 Å². The van der Waals surface area contributed by atoms with Crippen molar-refractivity contribution in [1.29, 1.82) is 0 Å². The third-order valence-corrected chi connectivity index (χ3v) is 2.99. The van der Waals surface area contributed by atoms with Crippen LogP contribution in [-0.2, 0) is 0 Å². The van der Waals surface area contributed by atoms with E-state index in [9.17, 15) is 0 Å². The number of nitrogens with zero attached hydrogens (tertiary/aromatic N) is 3. The first-order valence-electron chi connectivity index (χ1n) is 5.61. The van der Waals surface area contributed by atoms with Gasteiger partial charge >= 0.3 is 0 Å². The maximum absolute atomic E-state index is 4.22. The SMILES string of the molecule is c1ccc(-c2cn(C3CCNC3)nn2)cc1. The Hall–Kier alpha value is -1.68. The summed E-state index contributed by atoms with van der Waals surface area (Å²) in [5.74, 6) is 0. The molecule has 4 heteroatoms. The van der Waals surface area contributed by atoms with Crippen LogP contribution in [0.2, 0.25) is 0 Å². The van der Waals surface area contributed by atoms with Gasteiger partial charge in [-0.15, -0.1) is 5.10 Å². The largest absolute Gasteiger partial charge is 0.315 e. The third-order valence-electron chi connectivity index (χ3n) is 2.99. The van der Waals surface area contributed by atoms with Crippen molar-refractivity contribution < 1.29 is 0 Å². The normalized spacial score (nSPS) is 20.1. The second kappa shape index (κ2) is 4.06. The predicted octanol–water partition coefficient (Wildman–Crippen LogP) is 1.48. The van der Waals surface area contributed by atoms with Crippen LogP contribution in [-0.4, -0.2) is 28.1 Å². The average Bonchev–Trinajstić information content (AvgIpc) is 3.01. The van der Waals surface area contributed by atoms with Gasteiger partial charge in [-0.3, -0.25) is 0 Å². The molecule has 0 bridgehead atoms. The summed E-state index contributed by atoms with van der Waals surface area (Å²) >= 11 is 0. The fraction of sp³-hybridized carbons (Fsp3) is 0.333. The molecule has 16 heavy (non-hydrogen) atoms. The lowest BCUT2D eigenvalue weighted by atomic mass is 10.2. The zero-order valence-corrected chi connectivity index (χ0v) is 9.00. The Morgan fingerprint density at radius 2 is 2.12 bits per heavy atom. The van der Waals surface area contributed by atoms with Crippen molar-refractivity contribution in [3.8, 4) is 11.3 Å². The zero-order chi connectivity index (χ0) is 10.8.